The van der Waals surface area contributed by atoms with E-state index < -0.39 is 0 Å². The first-order valence-corrected chi connectivity index (χ1v) is 0.309. The Balaban J connectivity index is -0.00000000667. The van der Waals surface area contributed by atoms with Crippen LogP contribution in [0.2, 0.25) is 0 Å². The van der Waals surface area contributed by atoms with E-state index in [4.69, 9.17) is 9.05 Å². The Bertz CT molecular complexity index is 13.5. The van der Waals surface area contributed by atoms with E-state index in [1.54, 1.807) is 0 Å². The second kappa shape index (κ2) is 29.0. The number of rotatable bonds is 0. The van der Waals surface area contributed by atoms with E-state index in [9.17, 15) is 0 Å². The van der Waals surface area contributed by atoms with Crippen molar-refractivity contribution in [2.75, 3.05) is 0 Å². The molecule has 0 N–H and O–H groups in total. The Labute approximate surface area is 79.4 Å². The van der Waals surface area contributed by atoms with Crippen LogP contribution in [0.3, 0.4) is 0 Å². The van der Waals surface area contributed by atoms with Gasteiger partial charge in [0.1, 0.15) is 0 Å². The summed E-state index contributed by atoms with van der Waals surface area (Å²) in [6.45, 7) is 0. The Morgan fingerprint density at radius 3 is 1.17 bits per heavy atom. The second-order valence-corrected chi connectivity index (χ2v) is 0.0583. The molecule has 0 heterocycles. The minimum absolute atomic E-state index is 0. The van der Waals surface area contributed by atoms with Crippen LogP contribution in [0, 0.1) is 0 Å². The van der Waals surface area contributed by atoms with Crippen molar-refractivity contribution >= 4 is 66.1 Å². The first-order valence-electron chi connectivity index (χ1n) is 0.309. The Kier molecular flexibility index (Phi) is 120. The summed E-state index contributed by atoms with van der Waals surface area (Å²) in [5, 5.41) is 1.25. The van der Waals surface area contributed by atoms with Gasteiger partial charge in [-0.2, -0.15) is 0 Å². The normalized spacial score (nSPS) is 3.00. The molecule has 0 unspecified atom stereocenters. The summed E-state index contributed by atoms with van der Waals surface area (Å²) in [7, 11) is 0. The van der Waals surface area contributed by atoms with Crippen LogP contribution in [0.5, 0.6) is 0 Å². The summed E-state index contributed by atoms with van der Waals surface area (Å²) < 4.78 is 18.2. The smallest absolute Gasteiger partial charge is 0.0104 e. The molecule has 0 aromatic carbocycles. The van der Waals surface area contributed by atoms with Crippen LogP contribution in [0.1, 0.15) is 0 Å². The van der Waals surface area contributed by atoms with Gasteiger partial charge in [-0.1, -0.05) is 0 Å². The van der Waals surface area contributed by atoms with Gasteiger partial charge in [-0.15, -0.1) is 0 Å². The fourth-order valence-electron chi connectivity index (χ4n) is 0. The van der Waals surface area contributed by atoms with E-state index in [1.807, 2.05) is 0 Å². The van der Waals surface area contributed by atoms with E-state index >= 15 is 0 Å². The van der Waals surface area contributed by atoms with Crippen LogP contribution in [-0.4, -0.2) is 66.1 Å². The topological polar surface area (TPSA) is 9.23 Å². The van der Waals surface area contributed by atoms with Crippen LogP contribution < -0.4 is 0 Å². The molecule has 0 aromatic heterocycles. The standard InChI is InChI=1S/Al.Ca.F2O.Si/c;;1-3-2;. The zero-order valence-electron chi connectivity index (χ0n) is 2.95. The molecule has 0 atom stereocenters. The summed E-state index contributed by atoms with van der Waals surface area (Å²) in [6.07, 6.45) is 0. The predicted molar refractivity (Wildman–Crippen MR) is 20.6 cm³/mol. The van der Waals surface area contributed by atoms with Gasteiger partial charge in [-0.25, -0.2) is 0 Å². The van der Waals surface area contributed by atoms with Gasteiger partial charge in [-0.3, -0.25) is 0 Å². The molecular weight excluding hydrogens is 149 g/mol. The molecule has 0 rings (SSSR count). The zero-order chi connectivity index (χ0) is 2.71. The third kappa shape index (κ3) is 40.6. The minimum Gasteiger partial charge on any atom is -0.0104 e. The van der Waals surface area contributed by atoms with E-state index in [0.29, 0.717) is 0 Å². The summed E-state index contributed by atoms with van der Waals surface area (Å²) in [5.74, 6) is 0. The largest absolute Gasteiger partial charge is 0.0209 e. The Morgan fingerprint density at radius 1 is 1.17 bits per heavy atom. The molecule has 0 aliphatic heterocycles. The number of hydrogen-bond donors (Lipinski definition) is 0. The fraction of sp³-hybridized carbons (Fsp3) is 0. The molecule has 6 heavy (non-hydrogen) atoms. The zero-order valence-corrected chi connectivity index (χ0v) is 7.31. The molecule has 0 fully saturated rings. The molecule has 1 nitrogen and oxygen atoms in total. The van der Waals surface area contributed by atoms with E-state index in [1.165, 1.54) is 5.15 Å². The molecule has 0 aliphatic rings. The molecule has 9 radical (unpaired) electrons. The van der Waals surface area contributed by atoms with Gasteiger partial charge in [0, 0.05) is 71.2 Å². The number of halogens is 2. The molecule has 0 saturated carbocycles. The third-order valence-corrected chi connectivity index (χ3v) is 0. The molecule has 6 heteroatoms. The molecule has 0 spiro atoms. The van der Waals surface area contributed by atoms with E-state index in [0.717, 1.165) is 0 Å². The van der Waals surface area contributed by atoms with Crippen molar-refractivity contribution in [2.45, 2.75) is 0 Å². The molecule has 0 aliphatic carbocycles. The van der Waals surface area contributed by atoms with Crippen LogP contribution >= 0.6 is 0 Å². The van der Waals surface area contributed by atoms with Gasteiger partial charge in [0.15, 0.2) is 0 Å². The summed E-state index contributed by atoms with van der Waals surface area (Å²) in [4.78, 5) is 0. The van der Waals surface area contributed by atoms with Gasteiger partial charge < -0.3 is 0 Å². The monoisotopic (exact) mass is 149 g/mol. The number of hydrogen-bond acceptors (Lipinski definition) is 1. The van der Waals surface area contributed by atoms with Crippen molar-refractivity contribution < 1.29 is 14.2 Å². The minimum atomic E-state index is 0. The molecule has 0 aromatic rings. The van der Waals surface area contributed by atoms with Crippen LogP contribution in [0.25, 0.3) is 0 Å². The Hall–Kier alpha value is 1.83. The average Bonchev–Trinajstić information content (AvgIpc) is 0.918. The van der Waals surface area contributed by atoms with Gasteiger partial charge >= 0.3 is 0 Å². The first kappa shape index (κ1) is 24.9. The van der Waals surface area contributed by atoms with Gasteiger partial charge in [0.25, 0.3) is 0 Å². The van der Waals surface area contributed by atoms with Crippen LogP contribution in [0.4, 0.5) is 9.05 Å². The van der Waals surface area contributed by atoms with Crippen molar-refractivity contribution in [1.29, 1.82) is 0 Å². The predicted octanol–water partition coefficient (Wildman–Crippen LogP) is -0.370. The quantitative estimate of drug-likeness (QED) is 0.427. The van der Waals surface area contributed by atoms with Crippen LogP contribution in [0.15, 0.2) is 0 Å². The fourth-order valence-corrected chi connectivity index (χ4v) is 0. The maximum atomic E-state index is 9.12. The maximum Gasteiger partial charge on any atom is 0.0209 e. The molecule has 0 bridgehead atoms. The summed E-state index contributed by atoms with van der Waals surface area (Å²) in [5.41, 5.74) is 0. The average molecular weight is 149 g/mol. The van der Waals surface area contributed by atoms with Crippen molar-refractivity contribution in [1.82, 2.24) is 0 Å². The van der Waals surface area contributed by atoms with Crippen molar-refractivity contribution in [3.05, 3.63) is 0 Å². The third-order valence-electron chi connectivity index (χ3n) is 0. The second-order valence-electron chi connectivity index (χ2n) is 0.0583. The summed E-state index contributed by atoms with van der Waals surface area (Å²) >= 11 is 0. The molecule has 29 valence electrons. The molecule has 0 saturated heterocycles. The van der Waals surface area contributed by atoms with Crippen molar-refractivity contribution in [3.8, 4) is 0 Å². The Morgan fingerprint density at radius 2 is 1.17 bits per heavy atom. The SMILES string of the molecule is FOF.[Al].[Ca].[Si]. The van der Waals surface area contributed by atoms with Crippen LogP contribution in [-0.2, 0) is 5.15 Å². The first-order chi connectivity index (χ1) is 1.41. The van der Waals surface area contributed by atoms with Crippen molar-refractivity contribution in [2.24, 2.45) is 0 Å². The van der Waals surface area contributed by atoms with E-state index in [2.05, 4.69) is 0 Å². The molecule has 0 amide bonds. The molecular formula is AlCaF2OSi. The van der Waals surface area contributed by atoms with Gasteiger partial charge in [0.05, 0.1) is 0 Å². The van der Waals surface area contributed by atoms with E-state index in [-0.39, 0.29) is 66.1 Å². The van der Waals surface area contributed by atoms with Gasteiger partial charge in [-0.05, 0) is 9.05 Å². The summed E-state index contributed by atoms with van der Waals surface area (Å²) in [6, 6.07) is 0. The van der Waals surface area contributed by atoms with Crippen molar-refractivity contribution in [3.63, 3.8) is 0 Å². The van der Waals surface area contributed by atoms with Gasteiger partial charge in [0.2, 0.25) is 0 Å². The maximum absolute atomic E-state index is 9.12.